The van der Waals surface area contributed by atoms with Gasteiger partial charge in [-0.25, -0.2) is 0 Å². The molecule has 15 heteroatoms. The Morgan fingerprint density at radius 1 is 0.854 bits per heavy atom. The molecule has 2 aromatic rings. The summed E-state index contributed by atoms with van der Waals surface area (Å²) in [6.45, 7) is 0.0483. The number of benzene rings is 2. The molecule has 0 bridgehead atoms. The molecule has 2 aliphatic rings. The number of nitrogens with two attached hydrogens (primary N) is 2. The molecule has 5 atom stereocenters. The zero-order chi connectivity index (χ0) is 34.6. The van der Waals surface area contributed by atoms with Gasteiger partial charge >= 0.3 is 5.97 Å². The smallest absolute Gasteiger partial charge is 0.305 e. The molecule has 2 aromatic carbocycles. The van der Waals surface area contributed by atoms with Crippen LogP contribution in [-0.4, -0.2) is 88.2 Å². The predicted octanol–water partition coefficient (Wildman–Crippen LogP) is -0.708. The van der Waals surface area contributed by atoms with Crippen LogP contribution in [-0.2, 0) is 41.7 Å². The van der Waals surface area contributed by atoms with Gasteiger partial charge in [0.15, 0.2) is 5.96 Å². The molecule has 0 radical (unpaired) electrons. The lowest BCUT2D eigenvalue weighted by atomic mass is 9.97. The van der Waals surface area contributed by atoms with Crippen LogP contribution in [0.3, 0.4) is 0 Å². The fourth-order valence-corrected chi connectivity index (χ4v) is 6.00. The maximum absolute atomic E-state index is 13.7. The number of aliphatic imine (C=N–C) groups is 1. The maximum Gasteiger partial charge on any atom is 0.305 e. The number of hydrogen-bond acceptors (Lipinski definition) is 7. The summed E-state index contributed by atoms with van der Waals surface area (Å²) < 4.78 is 0. The van der Waals surface area contributed by atoms with E-state index in [1.54, 1.807) is 24.3 Å². The largest absolute Gasteiger partial charge is 0.481 e. The van der Waals surface area contributed by atoms with E-state index in [0.717, 1.165) is 11.1 Å². The van der Waals surface area contributed by atoms with Gasteiger partial charge in [0.25, 0.3) is 0 Å². The second kappa shape index (κ2) is 16.9. The Morgan fingerprint density at radius 2 is 1.50 bits per heavy atom. The number of amides is 5. The van der Waals surface area contributed by atoms with Crippen LogP contribution in [0.25, 0.3) is 0 Å². The average Bonchev–Trinajstić information content (AvgIpc) is 3.50. The monoisotopic (exact) mass is 662 g/mol. The number of hydrogen-bond donors (Lipinski definition) is 7. The van der Waals surface area contributed by atoms with Crippen LogP contribution in [0.5, 0.6) is 0 Å². The summed E-state index contributed by atoms with van der Waals surface area (Å²) >= 11 is 0. The molecule has 0 saturated carbocycles. The van der Waals surface area contributed by atoms with Gasteiger partial charge < -0.3 is 42.7 Å². The summed E-state index contributed by atoms with van der Waals surface area (Å²) in [6, 6.07) is 13.5. The van der Waals surface area contributed by atoms with Gasteiger partial charge in [0.2, 0.25) is 29.5 Å². The Hall–Kier alpha value is -5.47. The van der Waals surface area contributed by atoms with Crippen LogP contribution >= 0.6 is 0 Å². The quantitative estimate of drug-likeness (QED) is 0.0941. The summed E-state index contributed by atoms with van der Waals surface area (Å²) in [7, 11) is 0. The normalized spacial score (nSPS) is 19.6. The molecule has 0 aromatic heterocycles. The number of nitrogens with zero attached hydrogens (tertiary/aromatic N) is 2. The van der Waals surface area contributed by atoms with E-state index >= 15 is 0 Å². The third-order valence-corrected chi connectivity index (χ3v) is 8.36. The number of fused-ring (bicyclic) bond motifs is 1. The molecule has 2 aliphatic heterocycles. The second-order valence-electron chi connectivity index (χ2n) is 11.9. The van der Waals surface area contributed by atoms with Crippen LogP contribution in [0.4, 0.5) is 0 Å². The molecule has 2 saturated heterocycles. The number of carboxylic acids is 1. The second-order valence-corrected chi connectivity index (χ2v) is 11.9. The number of piperidine rings is 1. The fraction of sp³-hybridized carbons (Fsp3) is 0.424. The molecule has 0 aliphatic carbocycles. The highest BCUT2D eigenvalue weighted by Gasteiger charge is 2.47. The number of nitrogens with one attached hydrogen (secondary N) is 4. The summed E-state index contributed by atoms with van der Waals surface area (Å²) in [5.41, 5.74) is 12.5. The lowest BCUT2D eigenvalue weighted by Crippen LogP contribution is -2.61. The van der Waals surface area contributed by atoms with Crippen molar-refractivity contribution in [2.75, 3.05) is 6.54 Å². The Bertz CT molecular complexity index is 1500. The Kier molecular flexibility index (Phi) is 12.5. The molecular weight excluding hydrogens is 620 g/mol. The minimum absolute atomic E-state index is 0.0596. The highest BCUT2D eigenvalue weighted by atomic mass is 16.4. The molecule has 5 amide bonds. The van der Waals surface area contributed by atoms with Gasteiger partial charge in [0, 0.05) is 19.1 Å². The number of guanidine groups is 1. The molecule has 2 heterocycles. The van der Waals surface area contributed by atoms with E-state index in [0.29, 0.717) is 25.7 Å². The minimum Gasteiger partial charge on any atom is -0.481 e. The van der Waals surface area contributed by atoms with Crippen molar-refractivity contribution in [2.45, 2.75) is 81.7 Å². The van der Waals surface area contributed by atoms with Gasteiger partial charge in [0.05, 0.1) is 12.8 Å². The van der Waals surface area contributed by atoms with E-state index in [4.69, 9.17) is 11.5 Å². The first kappa shape index (κ1) is 35.4. The van der Waals surface area contributed by atoms with Crippen molar-refractivity contribution in [3.63, 3.8) is 0 Å². The first-order chi connectivity index (χ1) is 23.0. The number of carbonyl (C=O) groups excluding carboxylic acids is 5. The van der Waals surface area contributed by atoms with Crippen LogP contribution in [0.2, 0.25) is 0 Å². The Balaban J connectivity index is 1.42. The fourth-order valence-electron chi connectivity index (χ4n) is 6.00. The first-order valence-electron chi connectivity index (χ1n) is 15.9. The molecule has 0 spiro atoms. The third kappa shape index (κ3) is 10.0. The topological polar surface area (TPSA) is 238 Å². The third-order valence-electron chi connectivity index (χ3n) is 8.36. The van der Waals surface area contributed by atoms with Crippen LogP contribution in [0, 0.1) is 0 Å². The summed E-state index contributed by atoms with van der Waals surface area (Å²) in [5, 5.41) is 20.0. The Morgan fingerprint density at radius 3 is 2.15 bits per heavy atom. The molecule has 9 N–H and O–H groups in total. The number of carbonyl (C=O) groups is 6. The molecule has 48 heavy (non-hydrogen) atoms. The SMILES string of the molecule is NC(N)=NCC[C@H](NC(=O)[C@@H]1CC[C@@H]2CCC(NC(=O)Cc3ccccc3)C(=O)N21)C(=O)N[C@@H](CC(=O)O)C(=O)NCc1ccccc1. The average molecular weight is 663 g/mol. The van der Waals surface area contributed by atoms with Gasteiger partial charge in [-0.2, -0.15) is 0 Å². The highest BCUT2D eigenvalue weighted by Crippen LogP contribution is 2.33. The molecule has 4 rings (SSSR count). The van der Waals surface area contributed by atoms with E-state index in [-0.39, 0.29) is 49.7 Å². The Labute approximate surface area is 277 Å². The van der Waals surface area contributed by atoms with Gasteiger partial charge in [0.1, 0.15) is 24.2 Å². The summed E-state index contributed by atoms with van der Waals surface area (Å²) in [5.74, 6) is -4.37. The minimum atomic E-state index is -1.44. The van der Waals surface area contributed by atoms with Gasteiger partial charge in [-0.1, -0.05) is 60.7 Å². The van der Waals surface area contributed by atoms with Crippen molar-refractivity contribution in [1.29, 1.82) is 0 Å². The number of rotatable bonds is 15. The molecular formula is C33H42N8O7. The van der Waals surface area contributed by atoms with E-state index in [9.17, 15) is 33.9 Å². The van der Waals surface area contributed by atoms with Crippen molar-refractivity contribution in [1.82, 2.24) is 26.2 Å². The summed E-state index contributed by atoms with van der Waals surface area (Å²) in [4.78, 5) is 83.3. The van der Waals surface area contributed by atoms with Crippen LogP contribution < -0.4 is 32.7 Å². The van der Waals surface area contributed by atoms with Gasteiger partial charge in [-0.05, 0) is 43.2 Å². The molecule has 256 valence electrons. The molecule has 2 fully saturated rings. The van der Waals surface area contributed by atoms with Crippen LogP contribution in [0.1, 0.15) is 49.7 Å². The number of carboxylic acid groups (broad SMARTS) is 1. The van der Waals surface area contributed by atoms with Crippen molar-refractivity contribution in [2.24, 2.45) is 16.5 Å². The van der Waals surface area contributed by atoms with Crippen LogP contribution in [0.15, 0.2) is 65.7 Å². The highest BCUT2D eigenvalue weighted by molar-refractivity contribution is 5.97. The van der Waals surface area contributed by atoms with E-state index in [1.165, 1.54) is 4.90 Å². The van der Waals surface area contributed by atoms with E-state index in [2.05, 4.69) is 26.3 Å². The van der Waals surface area contributed by atoms with Gasteiger partial charge in [-0.15, -0.1) is 0 Å². The maximum atomic E-state index is 13.7. The summed E-state index contributed by atoms with van der Waals surface area (Å²) in [6.07, 6.45) is 1.27. The number of aliphatic carboxylic acids is 1. The lowest BCUT2D eigenvalue weighted by Gasteiger charge is -2.38. The zero-order valence-corrected chi connectivity index (χ0v) is 26.5. The standard InChI is InChI=1S/C33H42N8O7/c34-33(35)36-16-15-23(30(46)40-25(18-28(43)44)29(45)37-19-21-9-5-2-6-10-21)39-31(47)26-14-12-22-11-13-24(32(48)41(22)26)38-27(42)17-20-7-3-1-4-8-20/h1-10,22-26H,11-19H2,(H,37,45)(H,38,42)(H,39,47)(H,40,46)(H,43,44)(H4,34,35,36)/t22-,23-,24?,25-,26-/m0/s1. The van der Waals surface area contributed by atoms with E-state index in [1.807, 2.05) is 36.4 Å². The van der Waals surface area contributed by atoms with Crippen molar-refractivity contribution in [3.8, 4) is 0 Å². The molecule has 1 unspecified atom stereocenters. The zero-order valence-electron chi connectivity index (χ0n) is 26.5. The first-order valence-corrected chi connectivity index (χ1v) is 15.9. The van der Waals surface area contributed by atoms with Crippen molar-refractivity contribution >= 4 is 41.5 Å². The lowest BCUT2D eigenvalue weighted by molar-refractivity contribution is -0.146. The van der Waals surface area contributed by atoms with E-state index < -0.39 is 54.3 Å². The predicted molar refractivity (Wildman–Crippen MR) is 175 cm³/mol. The van der Waals surface area contributed by atoms with Crippen molar-refractivity contribution in [3.05, 3.63) is 71.8 Å². The molecule has 15 nitrogen and oxygen atoms in total. The van der Waals surface area contributed by atoms with Gasteiger partial charge in [-0.3, -0.25) is 33.8 Å². The van der Waals surface area contributed by atoms with Crippen molar-refractivity contribution < 1.29 is 33.9 Å².